The van der Waals surface area contributed by atoms with E-state index in [9.17, 15) is 9.59 Å². The first-order valence-corrected chi connectivity index (χ1v) is 12.3. The fourth-order valence-electron chi connectivity index (χ4n) is 5.96. The second-order valence-electron chi connectivity index (χ2n) is 9.77. The van der Waals surface area contributed by atoms with Gasteiger partial charge in [-0.2, -0.15) is 0 Å². The van der Waals surface area contributed by atoms with Crippen molar-refractivity contribution in [3.63, 3.8) is 0 Å². The third-order valence-corrected chi connectivity index (χ3v) is 7.78. The van der Waals surface area contributed by atoms with Gasteiger partial charge >= 0.3 is 0 Å². The Bertz CT molecular complexity index is 723. The zero-order chi connectivity index (χ0) is 21.5. The third kappa shape index (κ3) is 5.68. The molecule has 1 atom stereocenters. The highest BCUT2D eigenvalue weighted by atomic mass is 16.5. The molecule has 2 saturated heterocycles. The van der Waals surface area contributed by atoms with E-state index in [0.29, 0.717) is 37.9 Å². The normalized spacial score (nSPS) is 23.3. The van der Waals surface area contributed by atoms with Crippen molar-refractivity contribution in [2.75, 3.05) is 39.4 Å². The van der Waals surface area contributed by atoms with Crippen LogP contribution in [0.4, 0.5) is 0 Å². The number of benzene rings is 1. The summed E-state index contributed by atoms with van der Waals surface area (Å²) in [7, 11) is 0. The second-order valence-corrected chi connectivity index (χ2v) is 9.77. The Morgan fingerprint density at radius 2 is 1.65 bits per heavy atom. The highest BCUT2D eigenvalue weighted by Crippen LogP contribution is 2.49. The fraction of sp³-hybridized carbons (Fsp3) is 0.692. The maximum Gasteiger partial charge on any atom is 0.222 e. The van der Waals surface area contributed by atoms with Crippen LogP contribution in [0.25, 0.3) is 0 Å². The number of carbonyl (C=O) groups excluding carboxylic acids is 2. The van der Waals surface area contributed by atoms with Crippen LogP contribution in [0.1, 0.15) is 63.4 Å². The van der Waals surface area contributed by atoms with Crippen LogP contribution in [-0.4, -0.2) is 61.0 Å². The van der Waals surface area contributed by atoms with Gasteiger partial charge in [0.25, 0.3) is 0 Å². The fourth-order valence-corrected chi connectivity index (χ4v) is 5.96. The molecule has 2 amide bonds. The minimum absolute atomic E-state index is 0.249. The summed E-state index contributed by atoms with van der Waals surface area (Å²) in [4.78, 5) is 29.8. The monoisotopic (exact) mass is 426 g/mol. The van der Waals surface area contributed by atoms with Gasteiger partial charge < -0.3 is 14.5 Å². The standard InChI is InChI=1S/C26H38N2O3/c29-24(11-7-10-22-8-3-1-4-9-22)28-20-23(26(21-28)14-5-2-6-15-26)12-13-25(30)27-16-18-31-19-17-27/h1,3-4,8-9,23H,2,5-7,10-21H2. The van der Waals surface area contributed by atoms with Gasteiger partial charge in [0.15, 0.2) is 0 Å². The molecule has 1 unspecified atom stereocenters. The average molecular weight is 427 g/mol. The zero-order valence-electron chi connectivity index (χ0n) is 18.9. The van der Waals surface area contributed by atoms with Crippen molar-refractivity contribution in [1.82, 2.24) is 9.80 Å². The summed E-state index contributed by atoms with van der Waals surface area (Å²) in [5.41, 5.74) is 1.55. The molecular weight excluding hydrogens is 388 g/mol. The van der Waals surface area contributed by atoms with E-state index in [2.05, 4.69) is 29.2 Å². The zero-order valence-corrected chi connectivity index (χ0v) is 18.9. The summed E-state index contributed by atoms with van der Waals surface area (Å²) < 4.78 is 5.38. The largest absolute Gasteiger partial charge is 0.378 e. The minimum Gasteiger partial charge on any atom is -0.378 e. The highest BCUT2D eigenvalue weighted by Gasteiger charge is 2.47. The lowest BCUT2D eigenvalue weighted by molar-refractivity contribution is -0.135. The van der Waals surface area contributed by atoms with Crippen LogP contribution in [0.2, 0.25) is 0 Å². The SMILES string of the molecule is O=C(CCC1CN(C(=O)CCCc2ccccc2)CC12CCCCC2)N1CCOCC1. The minimum atomic E-state index is 0.249. The number of nitrogens with zero attached hydrogens (tertiary/aromatic N) is 2. The number of rotatable bonds is 7. The van der Waals surface area contributed by atoms with Crippen LogP contribution in [0, 0.1) is 11.3 Å². The molecule has 170 valence electrons. The van der Waals surface area contributed by atoms with E-state index in [1.165, 1.54) is 37.7 Å². The van der Waals surface area contributed by atoms with E-state index in [-0.39, 0.29) is 11.3 Å². The Hall–Kier alpha value is -1.88. The molecule has 0 bridgehead atoms. The molecule has 1 saturated carbocycles. The highest BCUT2D eigenvalue weighted by molar-refractivity contribution is 5.77. The van der Waals surface area contributed by atoms with E-state index in [4.69, 9.17) is 4.74 Å². The molecule has 2 aliphatic heterocycles. The number of hydrogen-bond acceptors (Lipinski definition) is 3. The van der Waals surface area contributed by atoms with Gasteiger partial charge in [0.05, 0.1) is 13.2 Å². The molecule has 0 N–H and O–H groups in total. The van der Waals surface area contributed by atoms with Crippen LogP contribution in [0.3, 0.4) is 0 Å². The van der Waals surface area contributed by atoms with Crippen molar-refractivity contribution in [3.8, 4) is 0 Å². The Labute approximate surface area is 187 Å². The lowest BCUT2D eigenvalue weighted by atomic mass is 9.66. The first-order valence-electron chi connectivity index (χ1n) is 12.3. The van der Waals surface area contributed by atoms with Gasteiger partial charge in [0.2, 0.25) is 11.8 Å². The summed E-state index contributed by atoms with van der Waals surface area (Å²) >= 11 is 0. The smallest absolute Gasteiger partial charge is 0.222 e. The van der Waals surface area contributed by atoms with Crippen LogP contribution in [0.15, 0.2) is 30.3 Å². The summed E-state index contributed by atoms with van der Waals surface area (Å²) in [5, 5.41) is 0. The molecule has 5 heteroatoms. The maximum atomic E-state index is 13.0. The van der Waals surface area contributed by atoms with E-state index < -0.39 is 0 Å². The summed E-state index contributed by atoms with van der Waals surface area (Å²) in [5.74, 6) is 1.04. The van der Waals surface area contributed by atoms with Crippen LogP contribution < -0.4 is 0 Å². The first-order chi connectivity index (χ1) is 15.2. The predicted molar refractivity (Wildman–Crippen MR) is 122 cm³/mol. The van der Waals surface area contributed by atoms with Crippen LogP contribution >= 0.6 is 0 Å². The van der Waals surface area contributed by atoms with Crippen LogP contribution in [-0.2, 0) is 20.7 Å². The lowest BCUT2D eigenvalue weighted by Crippen LogP contribution is -2.41. The number of aryl methyl sites for hydroxylation is 1. The molecule has 5 nitrogen and oxygen atoms in total. The molecular formula is C26H38N2O3. The van der Waals surface area contributed by atoms with E-state index in [1.807, 2.05) is 11.0 Å². The number of amides is 2. The number of ether oxygens (including phenoxy) is 1. The molecule has 4 rings (SSSR count). The van der Waals surface area contributed by atoms with Crippen LogP contribution in [0.5, 0.6) is 0 Å². The second kappa shape index (κ2) is 10.6. The topological polar surface area (TPSA) is 49.9 Å². The van der Waals surface area contributed by atoms with Gasteiger partial charge in [-0.3, -0.25) is 9.59 Å². The van der Waals surface area contributed by atoms with Gasteiger partial charge in [-0.05, 0) is 49.0 Å². The van der Waals surface area contributed by atoms with Gasteiger partial charge in [-0.25, -0.2) is 0 Å². The molecule has 2 heterocycles. The summed E-state index contributed by atoms with van der Waals surface area (Å²) in [6.45, 7) is 4.52. The molecule has 0 radical (unpaired) electrons. The van der Waals surface area contributed by atoms with E-state index in [1.54, 1.807) is 0 Å². The van der Waals surface area contributed by atoms with Crippen molar-refractivity contribution < 1.29 is 14.3 Å². The van der Waals surface area contributed by atoms with Gasteiger partial charge in [0.1, 0.15) is 0 Å². The molecule has 3 aliphatic rings. The number of likely N-dealkylation sites (tertiary alicyclic amines) is 1. The van der Waals surface area contributed by atoms with E-state index in [0.717, 1.165) is 45.4 Å². The number of hydrogen-bond donors (Lipinski definition) is 0. The number of carbonyl (C=O) groups is 2. The number of morpholine rings is 1. The summed E-state index contributed by atoms with van der Waals surface area (Å²) in [6.07, 6.45) is 10.3. The quantitative estimate of drug-likeness (QED) is 0.661. The van der Waals surface area contributed by atoms with Crippen molar-refractivity contribution in [2.24, 2.45) is 11.3 Å². The summed E-state index contributed by atoms with van der Waals surface area (Å²) in [6, 6.07) is 10.4. The Morgan fingerprint density at radius 1 is 0.935 bits per heavy atom. The van der Waals surface area contributed by atoms with Crippen molar-refractivity contribution in [3.05, 3.63) is 35.9 Å². The van der Waals surface area contributed by atoms with Crippen molar-refractivity contribution >= 4 is 11.8 Å². The predicted octanol–water partition coefficient (Wildman–Crippen LogP) is 4.06. The third-order valence-electron chi connectivity index (χ3n) is 7.78. The molecule has 1 aliphatic carbocycles. The lowest BCUT2D eigenvalue weighted by Gasteiger charge is -2.38. The molecule has 1 spiro atoms. The van der Waals surface area contributed by atoms with Crippen molar-refractivity contribution in [1.29, 1.82) is 0 Å². The molecule has 1 aromatic rings. The van der Waals surface area contributed by atoms with Gasteiger partial charge in [-0.1, -0.05) is 49.6 Å². The maximum absolute atomic E-state index is 13.0. The molecule has 3 fully saturated rings. The molecule has 0 aromatic heterocycles. The molecule has 31 heavy (non-hydrogen) atoms. The van der Waals surface area contributed by atoms with Gasteiger partial charge in [0, 0.05) is 39.0 Å². The molecule has 1 aromatic carbocycles. The van der Waals surface area contributed by atoms with Crippen molar-refractivity contribution in [2.45, 2.75) is 64.2 Å². The average Bonchev–Trinajstić information content (AvgIpc) is 3.16. The van der Waals surface area contributed by atoms with Gasteiger partial charge in [-0.15, -0.1) is 0 Å². The Morgan fingerprint density at radius 3 is 2.39 bits per heavy atom. The Kier molecular flexibility index (Phi) is 7.65. The Balaban J connectivity index is 1.31. The first kappa shape index (κ1) is 22.3. The van der Waals surface area contributed by atoms with E-state index >= 15 is 0 Å².